The minimum Gasteiger partial charge on any atom is -0.378 e. The van der Waals surface area contributed by atoms with Crippen molar-refractivity contribution in [2.24, 2.45) is 0 Å². The molecule has 0 spiro atoms. The van der Waals surface area contributed by atoms with Crippen molar-refractivity contribution >= 4 is 17.3 Å². The van der Waals surface area contributed by atoms with Crippen LogP contribution in [0.5, 0.6) is 0 Å². The number of halogens is 3. The van der Waals surface area contributed by atoms with Gasteiger partial charge in [-0.1, -0.05) is 6.07 Å². The molecule has 0 bridgehead atoms. The highest BCUT2D eigenvalue weighted by Crippen LogP contribution is 2.33. The van der Waals surface area contributed by atoms with Crippen LogP contribution in [0.15, 0.2) is 73.2 Å². The van der Waals surface area contributed by atoms with Crippen LogP contribution in [0.25, 0.3) is 17.1 Å². The number of rotatable bonds is 5. The molecule has 0 aliphatic carbocycles. The molecule has 0 unspecified atom stereocenters. The molecule has 4 aromatic rings. The molecular formula is C23H19F3N6O. The van der Waals surface area contributed by atoms with Gasteiger partial charge in [-0.05, 0) is 48.5 Å². The number of hydrogen-bond donors (Lipinski definition) is 1. The molecule has 1 N–H and O–H groups in total. The van der Waals surface area contributed by atoms with Crippen LogP contribution in [0, 0.1) is 0 Å². The monoisotopic (exact) mass is 452 g/mol. The van der Waals surface area contributed by atoms with Crippen LogP contribution < -0.4 is 10.2 Å². The summed E-state index contributed by atoms with van der Waals surface area (Å²) >= 11 is 0. The first-order valence-corrected chi connectivity index (χ1v) is 9.85. The van der Waals surface area contributed by atoms with Crippen molar-refractivity contribution in [3.8, 4) is 17.1 Å². The summed E-state index contributed by atoms with van der Waals surface area (Å²) in [6, 6.07) is 14.1. The number of alkyl halides is 3. The van der Waals surface area contributed by atoms with Gasteiger partial charge in [0.15, 0.2) is 11.5 Å². The van der Waals surface area contributed by atoms with E-state index in [0.29, 0.717) is 16.8 Å². The number of aromatic nitrogens is 4. The van der Waals surface area contributed by atoms with E-state index in [-0.39, 0.29) is 17.4 Å². The molecule has 0 aliphatic rings. The molecule has 0 atom stereocenters. The third-order valence-electron chi connectivity index (χ3n) is 4.80. The number of pyridine rings is 2. The Morgan fingerprint density at radius 2 is 1.85 bits per heavy atom. The minimum absolute atomic E-state index is 0.0370. The fourth-order valence-electron chi connectivity index (χ4n) is 3.13. The number of carbonyl (C=O) groups is 1. The second-order valence-corrected chi connectivity index (χ2v) is 7.37. The second kappa shape index (κ2) is 8.73. The number of nitrogens with zero attached hydrogens (tertiary/aromatic N) is 5. The first-order valence-electron chi connectivity index (χ1n) is 9.85. The summed E-state index contributed by atoms with van der Waals surface area (Å²) in [5.74, 6) is -0.396. The molecule has 0 radical (unpaired) electrons. The standard InChI is InChI=1S/C23H19F3N6O/c1-31(2)18-7-3-5-15(11-18)22(33)29-17-8-9-21(28-14-17)32-20(23(24,25)26)12-19(30-32)16-6-4-10-27-13-16/h3-14H,1-2H3,(H,29,33). The van der Waals surface area contributed by atoms with Crippen molar-refractivity contribution in [1.29, 1.82) is 0 Å². The van der Waals surface area contributed by atoms with Gasteiger partial charge in [0.05, 0.1) is 17.6 Å². The van der Waals surface area contributed by atoms with Gasteiger partial charge in [0.2, 0.25) is 0 Å². The fourth-order valence-corrected chi connectivity index (χ4v) is 3.13. The predicted molar refractivity (Wildman–Crippen MR) is 118 cm³/mol. The third kappa shape index (κ3) is 4.84. The lowest BCUT2D eigenvalue weighted by Crippen LogP contribution is -2.15. The van der Waals surface area contributed by atoms with Crippen LogP contribution in [-0.2, 0) is 6.18 Å². The van der Waals surface area contributed by atoms with Gasteiger partial charge in [-0.25, -0.2) is 9.67 Å². The number of benzene rings is 1. The summed E-state index contributed by atoms with van der Waals surface area (Å²) in [6.45, 7) is 0. The Kier molecular flexibility index (Phi) is 5.82. The maximum Gasteiger partial charge on any atom is 0.433 e. The van der Waals surface area contributed by atoms with Gasteiger partial charge in [-0.3, -0.25) is 9.78 Å². The van der Waals surface area contributed by atoms with Gasteiger partial charge in [0, 0.05) is 43.3 Å². The minimum atomic E-state index is -4.64. The van der Waals surface area contributed by atoms with Crippen molar-refractivity contribution in [1.82, 2.24) is 19.7 Å². The lowest BCUT2D eigenvalue weighted by Gasteiger charge is -2.13. The van der Waals surface area contributed by atoms with Crippen LogP contribution in [-0.4, -0.2) is 39.8 Å². The first-order chi connectivity index (χ1) is 15.7. The molecule has 10 heteroatoms. The van der Waals surface area contributed by atoms with Gasteiger partial charge < -0.3 is 10.2 Å². The first kappa shape index (κ1) is 22.0. The van der Waals surface area contributed by atoms with Crippen LogP contribution in [0.3, 0.4) is 0 Å². The lowest BCUT2D eigenvalue weighted by atomic mass is 10.2. The second-order valence-electron chi connectivity index (χ2n) is 7.37. The van der Waals surface area contributed by atoms with Crippen molar-refractivity contribution in [3.63, 3.8) is 0 Å². The molecule has 3 heterocycles. The summed E-state index contributed by atoms with van der Waals surface area (Å²) in [7, 11) is 3.73. The van der Waals surface area contributed by atoms with E-state index in [9.17, 15) is 18.0 Å². The SMILES string of the molecule is CN(C)c1cccc(C(=O)Nc2ccc(-n3nc(-c4cccnc4)cc3C(F)(F)F)nc2)c1. The molecule has 33 heavy (non-hydrogen) atoms. The van der Waals surface area contributed by atoms with E-state index in [1.165, 1.54) is 30.7 Å². The van der Waals surface area contributed by atoms with Crippen LogP contribution in [0.1, 0.15) is 16.1 Å². The van der Waals surface area contributed by atoms with Gasteiger partial charge in [-0.2, -0.15) is 18.3 Å². The highest BCUT2D eigenvalue weighted by molar-refractivity contribution is 6.04. The zero-order valence-corrected chi connectivity index (χ0v) is 17.7. The number of hydrogen-bond acceptors (Lipinski definition) is 5. The average molecular weight is 452 g/mol. The van der Waals surface area contributed by atoms with E-state index in [2.05, 4.69) is 20.4 Å². The normalized spacial score (nSPS) is 11.3. The molecule has 4 rings (SSSR count). The summed E-state index contributed by atoms with van der Waals surface area (Å²) in [6.07, 6.45) is -0.394. The van der Waals surface area contributed by atoms with E-state index in [0.717, 1.165) is 16.4 Å². The molecule has 0 aliphatic heterocycles. The fraction of sp³-hybridized carbons (Fsp3) is 0.130. The van der Waals surface area contributed by atoms with Crippen molar-refractivity contribution in [2.45, 2.75) is 6.18 Å². The zero-order valence-electron chi connectivity index (χ0n) is 17.7. The summed E-state index contributed by atoms with van der Waals surface area (Å²) in [5, 5.41) is 6.78. The molecule has 0 fully saturated rings. The van der Waals surface area contributed by atoms with Gasteiger partial charge in [-0.15, -0.1) is 0 Å². The number of anilines is 2. The quantitative estimate of drug-likeness (QED) is 0.477. The molecule has 168 valence electrons. The van der Waals surface area contributed by atoms with E-state index in [1.54, 1.807) is 30.3 Å². The summed E-state index contributed by atoms with van der Waals surface area (Å²) in [5.41, 5.74) is 1.25. The molecule has 0 saturated carbocycles. The third-order valence-corrected chi connectivity index (χ3v) is 4.80. The number of amides is 1. The van der Waals surface area contributed by atoms with E-state index in [1.807, 2.05) is 25.1 Å². The van der Waals surface area contributed by atoms with Gasteiger partial charge >= 0.3 is 6.18 Å². The maximum absolute atomic E-state index is 13.6. The summed E-state index contributed by atoms with van der Waals surface area (Å²) in [4.78, 5) is 22.4. The van der Waals surface area contributed by atoms with E-state index < -0.39 is 11.9 Å². The molecule has 1 amide bonds. The molecule has 7 nitrogen and oxygen atoms in total. The highest BCUT2D eigenvalue weighted by Gasteiger charge is 2.36. The highest BCUT2D eigenvalue weighted by atomic mass is 19.4. The van der Waals surface area contributed by atoms with E-state index in [4.69, 9.17) is 0 Å². The van der Waals surface area contributed by atoms with Crippen molar-refractivity contribution in [3.05, 3.63) is 84.4 Å². The largest absolute Gasteiger partial charge is 0.433 e. The maximum atomic E-state index is 13.6. The molecular weight excluding hydrogens is 433 g/mol. The topological polar surface area (TPSA) is 75.9 Å². The van der Waals surface area contributed by atoms with E-state index >= 15 is 0 Å². The summed E-state index contributed by atoms with van der Waals surface area (Å²) < 4.78 is 41.6. The number of carbonyl (C=O) groups excluding carboxylic acids is 1. The van der Waals surface area contributed by atoms with Gasteiger partial charge in [0.1, 0.15) is 0 Å². The Balaban J connectivity index is 1.60. The Morgan fingerprint density at radius 1 is 1.03 bits per heavy atom. The Hall–Kier alpha value is -4.21. The molecule has 1 aromatic carbocycles. The zero-order chi connectivity index (χ0) is 23.6. The Labute approximate surface area is 187 Å². The molecule has 0 saturated heterocycles. The smallest absolute Gasteiger partial charge is 0.378 e. The van der Waals surface area contributed by atoms with Gasteiger partial charge in [0.25, 0.3) is 5.91 Å². The Bertz CT molecular complexity index is 1270. The van der Waals surface area contributed by atoms with Crippen molar-refractivity contribution < 1.29 is 18.0 Å². The number of nitrogens with one attached hydrogen (secondary N) is 1. The predicted octanol–water partition coefficient (Wildman–Crippen LogP) is 4.67. The Morgan fingerprint density at radius 3 is 2.48 bits per heavy atom. The average Bonchev–Trinajstić information content (AvgIpc) is 3.26. The van der Waals surface area contributed by atoms with Crippen LogP contribution in [0.2, 0.25) is 0 Å². The van der Waals surface area contributed by atoms with Crippen LogP contribution >= 0.6 is 0 Å². The van der Waals surface area contributed by atoms with Crippen molar-refractivity contribution in [2.75, 3.05) is 24.3 Å². The van der Waals surface area contributed by atoms with Crippen LogP contribution in [0.4, 0.5) is 24.5 Å². The lowest BCUT2D eigenvalue weighted by molar-refractivity contribution is -0.142. The molecule has 3 aromatic heterocycles.